The van der Waals surface area contributed by atoms with Gasteiger partial charge in [0.25, 0.3) is 5.91 Å². The Bertz CT molecular complexity index is 1000. The van der Waals surface area contributed by atoms with E-state index in [-0.39, 0.29) is 17.5 Å². The van der Waals surface area contributed by atoms with Crippen molar-refractivity contribution in [1.82, 2.24) is 15.1 Å². The monoisotopic (exact) mass is 387 g/mol. The molecule has 140 valence electrons. The van der Waals surface area contributed by atoms with Gasteiger partial charge in [-0.3, -0.25) is 4.79 Å². The zero-order valence-electron chi connectivity index (χ0n) is 15.0. The van der Waals surface area contributed by atoms with Crippen LogP contribution in [0.3, 0.4) is 0 Å². The summed E-state index contributed by atoms with van der Waals surface area (Å²) in [4.78, 5) is 21.0. The van der Waals surface area contributed by atoms with Gasteiger partial charge in [-0.2, -0.15) is 0 Å². The Morgan fingerprint density at radius 3 is 2.85 bits per heavy atom. The summed E-state index contributed by atoms with van der Waals surface area (Å²) in [6.45, 7) is 3.56. The van der Waals surface area contributed by atoms with Crippen LogP contribution in [0.25, 0.3) is 11.3 Å². The van der Waals surface area contributed by atoms with Gasteiger partial charge in [-0.05, 0) is 31.5 Å². The fraction of sp³-hybridized carbons (Fsp3) is 0.222. The highest BCUT2D eigenvalue weighted by atomic mass is 35.5. The third-order valence-electron chi connectivity index (χ3n) is 3.97. The minimum Gasteiger partial charge on any atom is -0.497 e. The summed E-state index contributed by atoms with van der Waals surface area (Å²) in [5, 5.41) is 7.00. The number of carbonyl (C=O) groups excluding carboxylic acids is 1. The van der Waals surface area contributed by atoms with Crippen molar-refractivity contribution >= 4 is 29.1 Å². The molecule has 0 unspecified atom stereocenters. The van der Waals surface area contributed by atoms with Gasteiger partial charge in [0, 0.05) is 5.56 Å². The highest BCUT2D eigenvalue weighted by Crippen LogP contribution is 2.33. The van der Waals surface area contributed by atoms with Crippen molar-refractivity contribution < 1.29 is 14.1 Å². The van der Waals surface area contributed by atoms with Crippen molar-refractivity contribution in [3.63, 3.8) is 0 Å². The van der Waals surface area contributed by atoms with Crippen LogP contribution >= 0.6 is 11.6 Å². The molecule has 3 N–H and O–H groups in total. The number of carbonyl (C=O) groups is 1. The number of anilines is 2. The topological polar surface area (TPSA) is 116 Å². The third-order valence-corrected chi connectivity index (χ3v) is 4.29. The van der Waals surface area contributed by atoms with E-state index in [1.807, 2.05) is 6.92 Å². The maximum atomic E-state index is 12.5. The number of hydrogen-bond donors (Lipinski definition) is 2. The molecule has 27 heavy (non-hydrogen) atoms. The van der Waals surface area contributed by atoms with Crippen LogP contribution in [0.1, 0.15) is 28.7 Å². The maximum absolute atomic E-state index is 12.5. The SMILES string of the molecule is CCc1noc(C)c1C(=O)Nc1cnc(-c2cc(OC)ccc2Cl)c(N)n1. The molecule has 0 saturated heterocycles. The van der Waals surface area contributed by atoms with Crippen molar-refractivity contribution in [1.29, 1.82) is 0 Å². The molecule has 1 amide bonds. The summed E-state index contributed by atoms with van der Waals surface area (Å²) >= 11 is 6.24. The lowest BCUT2D eigenvalue weighted by atomic mass is 10.1. The molecule has 0 atom stereocenters. The molecule has 0 saturated carbocycles. The predicted molar refractivity (Wildman–Crippen MR) is 102 cm³/mol. The highest BCUT2D eigenvalue weighted by molar-refractivity contribution is 6.33. The van der Waals surface area contributed by atoms with Gasteiger partial charge in [-0.1, -0.05) is 23.7 Å². The quantitative estimate of drug-likeness (QED) is 0.688. The number of rotatable bonds is 5. The Balaban J connectivity index is 1.89. The third kappa shape index (κ3) is 3.70. The molecule has 3 rings (SSSR count). The lowest BCUT2D eigenvalue weighted by molar-refractivity contribution is 0.102. The van der Waals surface area contributed by atoms with Crippen molar-refractivity contribution in [2.45, 2.75) is 20.3 Å². The summed E-state index contributed by atoms with van der Waals surface area (Å²) < 4.78 is 10.3. The van der Waals surface area contributed by atoms with E-state index in [0.29, 0.717) is 45.5 Å². The Labute approximate surface area is 160 Å². The molecule has 2 aromatic heterocycles. The Morgan fingerprint density at radius 1 is 1.41 bits per heavy atom. The van der Waals surface area contributed by atoms with Gasteiger partial charge in [0.1, 0.15) is 22.8 Å². The van der Waals surface area contributed by atoms with E-state index < -0.39 is 0 Å². The second-order valence-corrected chi connectivity index (χ2v) is 6.11. The number of ether oxygens (including phenoxy) is 1. The number of halogens is 1. The van der Waals surface area contributed by atoms with E-state index in [4.69, 9.17) is 26.6 Å². The van der Waals surface area contributed by atoms with Crippen LogP contribution in [0.2, 0.25) is 5.02 Å². The molecule has 0 radical (unpaired) electrons. The smallest absolute Gasteiger partial charge is 0.262 e. The summed E-state index contributed by atoms with van der Waals surface area (Å²) in [6.07, 6.45) is 1.98. The normalized spacial score (nSPS) is 10.7. The second kappa shape index (κ2) is 7.63. The molecule has 9 heteroatoms. The molecule has 0 aliphatic rings. The second-order valence-electron chi connectivity index (χ2n) is 5.70. The van der Waals surface area contributed by atoms with Crippen LogP contribution in [0.15, 0.2) is 28.9 Å². The van der Waals surface area contributed by atoms with Gasteiger partial charge < -0.3 is 20.3 Å². The lowest BCUT2D eigenvalue weighted by Crippen LogP contribution is -2.16. The predicted octanol–water partition coefficient (Wildman–Crippen LogP) is 3.50. The largest absolute Gasteiger partial charge is 0.497 e. The van der Waals surface area contributed by atoms with Gasteiger partial charge in [-0.15, -0.1) is 0 Å². The van der Waals surface area contributed by atoms with Crippen molar-refractivity contribution in [2.24, 2.45) is 0 Å². The van der Waals surface area contributed by atoms with Gasteiger partial charge in [0.15, 0.2) is 11.6 Å². The fourth-order valence-electron chi connectivity index (χ4n) is 2.61. The Hall–Kier alpha value is -3.13. The van der Waals surface area contributed by atoms with E-state index in [2.05, 4.69) is 20.4 Å². The Kier molecular flexibility index (Phi) is 5.27. The molecular formula is C18H18ClN5O3. The average Bonchev–Trinajstić information content (AvgIpc) is 3.03. The van der Waals surface area contributed by atoms with E-state index in [0.717, 1.165) is 0 Å². The van der Waals surface area contributed by atoms with Crippen LogP contribution in [-0.4, -0.2) is 28.1 Å². The van der Waals surface area contributed by atoms with Crippen molar-refractivity contribution in [3.8, 4) is 17.0 Å². The number of amides is 1. The summed E-state index contributed by atoms with van der Waals surface area (Å²) in [7, 11) is 1.55. The molecule has 3 aromatic rings. The van der Waals surface area contributed by atoms with Crippen LogP contribution in [0.5, 0.6) is 5.75 Å². The molecule has 1 aromatic carbocycles. The number of nitrogens with two attached hydrogens (primary N) is 1. The maximum Gasteiger partial charge on any atom is 0.262 e. The van der Waals surface area contributed by atoms with E-state index >= 15 is 0 Å². The zero-order chi connectivity index (χ0) is 19.6. The van der Waals surface area contributed by atoms with Crippen LogP contribution in [0.4, 0.5) is 11.6 Å². The fourth-order valence-corrected chi connectivity index (χ4v) is 2.82. The molecule has 0 bridgehead atoms. The molecule has 2 heterocycles. The number of aromatic nitrogens is 3. The van der Waals surface area contributed by atoms with Gasteiger partial charge >= 0.3 is 0 Å². The molecule has 0 spiro atoms. The number of nitrogens with one attached hydrogen (secondary N) is 1. The standard InChI is InChI=1S/C18H18ClN5O3/c1-4-13-15(9(2)27-24-13)18(25)23-14-8-21-16(17(20)22-14)11-7-10(26-3)5-6-12(11)19/h5-8H,4H2,1-3H3,(H3,20,22,23,25). The molecular weight excluding hydrogens is 370 g/mol. The number of nitrogen functional groups attached to an aromatic ring is 1. The number of hydrogen-bond acceptors (Lipinski definition) is 7. The minimum absolute atomic E-state index is 0.126. The van der Waals surface area contributed by atoms with Crippen molar-refractivity contribution in [3.05, 3.63) is 46.4 Å². The van der Waals surface area contributed by atoms with Gasteiger partial charge in [0.2, 0.25) is 0 Å². The molecule has 8 nitrogen and oxygen atoms in total. The zero-order valence-corrected chi connectivity index (χ0v) is 15.8. The first-order valence-electron chi connectivity index (χ1n) is 8.17. The van der Waals surface area contributed by atoms with Gasteiger partial charge in [0.05, 0.1) is 24.0 Å². The Morgan fingerprint density at radius 2 is 2.19 bits per heavy atom. The highest BCUT2D eigenvalue weighted by Gasteiger charge is 2.20. The molecule has 0 aliphatic carbocycles. The number of aryl methyl sites for hydroxylation is 2. The first kappa shape index (κ1) is 18.7. The van der Waals surface area contributed by atoms with Gasteiger partial charge in [-0.25, -0.2) is 9.97 Å². The van der Waals surface area contributed by atoms with E-state index in [1.54, 1.807) is 32.2 Å². The molecule has 0 fully saturated rings. The summed E-state index contributed by atoms with van der Waals surface area (Å²) in [6, 6.07) is 5.14. The average molecular weight is 388 g/mol. The minimum atomic E-state index is -0.383. The summed E-state index contributed by atoms with van der Waals surface area (Å²) in [5.41, 5.74) is 7.98. The van der Waals surface area contributed by atoms with Crippen LogP contribution in [-0.2, 0) is 6.42 Å². The molecule has 0 aliphatic heterocycles. The van der Waals surface area contributed by atoms with E-state index in [9.17, 15) is 4.79 Å². The number of methoxy groups -OCH3 is 1. The first-order chi connectivity index (χ1) is 12.9. The van der Waals surface area contributed by atoms with E-state index in [1.165, 1.54) is 6.20 Å². The van der Waals surface area contributed by atoms with Crippen LogP contribution in [0, 0.1) is 6.92 Å². The van der Waals surface area contributed by atoms with Crippen LogP contribution < -0.4 is 15.8 Å². The summed E-state index contributed by atoms with van der Waals surface area (Å²) in [5.74, 6) is 1.00. The number of benzene rings is 1. The lowest BCUT2D eigenvalue weighted by Gasteiger charge is -2.10. The van der Waals surface area contributed by atoms with Crippen molar-refractivity contribution in [2.75, 3.05) is 18.2 Å². The first-order valence-corrected chi connectivity index (χ1v) is 8.55. The number of nitrogens with zero attached hydrogens (tertiary/aromatic N) is 3.